The number of thioether (sulfide) groups is 1. The Balaban J connectivity index is 1.62. The van der Waals surface area contributed by atoms with E-state index >= 15 is 0 Å². The summed E-state index contributed by atoms with van der Waals surface area (Å²) in [5.41, 5.74) is 7.57. The maximum Gasteiger partial charge on any atom is 0.274 e. The number of alkyl halides is 2. The number of nitrogens with zero attached hydrogens (tertiary/aromatic N) is 2. The molecule has 1 saturated carbocycles. The molecule has 2 heterocycles. The molecule has 1 atom stereocenters. The molecule has 0 bridgehead atoms. The lowest BCUT2D eigenvalue weighted by molar-refractivity contribution is -0.101. The molecule has 3 N–H and O–H groups in total. The second-order valence-corrected chi connectivity index (χ2v) is 9.73. The first-order valence-corrected chi connectivity index (χ1v) is 10.3. The number of halogens is 3. The fourth-order valence-electron chi connectivity index (χ4n) is 4.42. The second kappa shape index (κ2) is 7.01. The highest BCUT2D eigenvalue weighted by Crippen LogP contribution is 2.60. The van der Waals surface area contributed by atoms with Crippen molar-refractivity contribution in [2.45, 2.75) is 49.3 Å². The first-order chi connectivity index (χ1) is 14.0. The van der Waals surface area contributed by atoms with Crippen molar-refractivity contribution in [1.29, 1.82) is 0 Å². The molecule has 1 aromatic heterocycles. The molecule has 0 saturated heterocycles. The molecule has 1 fully saturated rings. The van der Waals surface area contributed by atoms with Gasteiger partial charge < -0.3 is 11.1 Å². The summed E-state index contributed by atoms with van der Waals surface area (Å²) in [5.74, 6) is -3.68. The predicted molar refractivity (Wildman–Crippen MR) is 111 cm³/mol. The molecule has 30 heavy (non-hydrogen) atoms. The third-order valence-corrected chi connectivity index (χ3v) is 6.71. The molecule has 5 nitrogen and oxygen atoms in total. The van der Waals surface area contributed by atoms with Crippen molar-refractivity contribution in [2.75, 3.05) is 5.32 Å². The minimum atomic E-state index is -2.67. The van der Waals surface area contributed by atoms with Crippen molar-refractivity contribution in [3.05, 3.63) is 59.2 Å². The molecule has 1 aromatic carbocycles. The second-order valence-electron chi connectivity index (χ2n) is 8.24. The van der Waals surface area contributed by atoms with Crippen LogP contribution in [0.5, 0.6) is 0 Å². The third kappa shape index (κ3) is 3.90. The minimum absolute atomic E-state index is 0.0803. The van der Waals surface area contributed by atoms with E-state index in [2.05, 4.69) is 15.3 Å². The van der Waals surface area contributed by atoms with Gasteiger partial charge in [0.1, 0.15) is 11.5 Å². The molecule has 1 aliphatic carbocycles. The number of anilines is 1. The van der Waals surface area contributed by atoms with E-state index < -0.39 is 27.9 Å². The van der Waals surface area contributed by atoms with Gasteiger partial charge in [0.25, 0.3) is 11.8 Å². The summed E-state index contributed by atoms with van der Waals surface area (Å²) in [4.78, 5) is 20.8. The van der Waals surface area contributed by atoms with Crippen LogP contribution in [0.4, 0.5) is 18.9 Å². The SMILES string of the molecule is Cc1ccc(NC(=O)c2ccc(F)cn2)cc1C1(C)CC2(CC(F)(F)C2)SC(N)=N1. The van der Waals surface area contributed by atoms with Crippen molar-refractivity contribution in [1.82, 2.24) is 4.98 Å². The van der Waals surface area contributed by atoms with Gasteiger partial charge >= 0.3 is 0 Å². The molecule has 2 aromatic rings. The number of carbonyl (C=O) groups excluding carboxylic acids is 1. The van der Waals surface area contributed by atoms with Gasteiger partial charge in [0.05, 0.1) is 11.7 Å². The first kappa shape index (κ1) is 20.7. The van der Waals surface area contributed by atoms with Crippen LogP contribution in [0.3, 0.4) is 0 Å². The molecule has 1 unspecified atom stereocenters. The van der Waals surface area contributed by atoms with Gasteiger partial charge in [-0.2, -0.15) is 0 Å². The number of aromatic nitrogens is 1. The highest BCUT2D eigenvalue weighted by Gasteiger charge is 2.61. The lowest BCUT2D eigenvalue weighted by Gasteiger charge is -2.52. The number of carbonyl (C=O) groups is 1. The fraction of sp³-hybridized carbons (Fsp3) is 0.381. The number of hydrogen-bond acceptors (Lipinski definition) is 5. The van der Waals surface area contributed by atoms with Crippen LogP contribution >= 0.6 is 11.8 Å². The normalized spacial score (nSPS) is 24.1. The number of amidine groups is 1. The van der Waals surface area contributed by atoms with E-state index in [1.807, 2.05) is 19.9 Å². The zero-order valence-electron chi connectivity index (χ0n) is 16.5. The Morgan fingerprint density at radius 3 is 2.57 bits per heavy atom. The van der Waals surface area contributed by atoms with Crippen molar-refractivity contribution in [3.8, 4) is 0 Å². The summed E-state index contributed by atoms with van der Waals surface area (Å²) in [6.07, 6.45) is 0.963. The number of nitrogens with two attached hydrogens (primary N) is 1. The Bertz CT molecular complexity index is 1030. The van der Waals surface area contributed by atoms with Gasteiger partial charge in [-0.15, -0.1) is 0 Å². The molecule has 158 valence electrons. The van der Waals surface area contributed by atoms with Gasteiger partial charge in [0.15, 0.2) is 5.17 Å². The molecular weight excluding hydrogens is 413 g/mol. The lowest BCUT2D eigenvalue weighted by Crippen LogP contribution is -2.55. The zero-order valence-corrected chi connectivity index (χ0v) is 17.3. The summed E-state index contributed by atoms with van der Waals surface area (Å²) >= 11 is 1.23. The third-order valence-electron chi connectivity index (χ3n) is 5.54. The van der Waals surface area contributed by atoms with Gasteiger partial charge in [0, 0.05) is 23.3 Å². The van der Waals surface area contributed by atoms with Crippen LogP contribution in [0.25, 0.3) is 0 Å². The summed E-state index contributed by atoms with van der Waals surface area (Å²) in [5, 5.41) is 3.04. The van der Waals surface area contributed by atoms with E-state index in [1.165, 1.54) is 17.8 Å². The molecule has 2 aliphatic rings. The Morgan fingerprint density at radius 2 is 1.93 bits per heavy atom. The summed E-state index contributed by atoms with van der Waals surface area (Å²) in [7, 11) is 0. The van der Waals surface area contributed by atoms with Gasteiger partial charge in [-0.05, 0) is 55.7 Å². The number of hydrogen-bond donors (Lipinski definition) is 2. The Hall–Kier alpha value is -2.55. The van der Waals surface area contributed by atoms with Gasteiger partial charge in [-0.25, -0.2) is 18.2 Å². The van der Waals surface area contributed by atoms with Crippen LogP contribution in [0, 0.1) is 12.7 Å². The molecule has 9 heteroatoms. The maximum absolute atomic E-state index is 13.7. The monoisotopic (exact) mass is 434 g/mol. The van der Waals surface area contributed by atoms with Crippen LogP contribution < -0.4 is 11.1 Å². The first-order valence-electron chi connectivity index (χ1n) is 9.46. The molecule has 1 aliphatic heterocycles. The highest BCUT2D eigenvalue weighted by molar-refractivity contribution is 8.15. The predicted octanol–water partition coefficient (Wildman–Crippen LogP) is 4.62. The van der Waals surface area contributed by atoms with E-state index in [1.54, 1.807) is 12.1 Å². The molecule has 4 rings (SSSR count). The van der Waals surface area contributed by atoms with Crippen molar-refractivity contribution in [3.63, 3.8) is 0 Å². The standard InChI is InChI=1S/C21H21F3N4OS/c1-12-3-5-14(27-17(29)16-6-4-13(22)8-26-16)7-15(12)19(2)9-20(30-18(25)28-19)10-21(23,24)11-20/h3-8H,9-11H2,1-2H3,(H2,25,28)(H,27,29). The van der Waals surface area contributed by atoms with Crippen LogP contribution in [0.2, 0.25) is 0 Å². The van der Waals surface area contributed by atoms with Gasteiger partial charge in [-0.3, -0.25) is 9.79 Å². The number of aryl methyl sites for hydroxylation is 1. The Labute approximate surface area is 176 Å². The minimum Gasteiger partial charge on any atom is -0.378 e. The number of amides is 1. The quantitative estimate of drug-likeness (QED) is 0.739. The van der Waals surface area contributed by atoms with E-state index in [0.29, 0.717) is 17.3 Å². The number of aliphatic imine (C=N–C) groups is 1. The van der Waals surface area contributed by atoms with E-state index in [0.717, 1.165) is 23.4 Å². The smallest absolute Gasteiger partial charge is 0.274 e. The van der Waals surface area contributed by atoms with Crippen LogP contribution in [-0.4, -0.2) is 26.7 Å². The van der Waals surface area contributed by atoms with E-state index in [4.69, 9.17) is 5.73 Å². The van der Waals surface area contributed by atoms with Gasteiger partial charge in [0.2, 0.25) is 0 Å². The topological polar surface area (TPSA) is 80.4 Å². The van der Waals surface area contributed by atoms with Crippen molar-refractivity contribution >= 4 is 28.5 Å². The lowest BCUT2D eigenvalue weighted by atomic mass is 9.70. The Kier molecular flexibility index (Phi) is 4.84. The van der Waals surface area contributed by atoms with Crippen LogP contribution in [-0.2, 0) is 5.54 Å². The number of pyridine rings is 1. The number of rotatable bonds is 3. The zero-order chi connectivity index (χ0) is 21.7. The Morgan fingerprint density at radius 1 is 1.20 bits per heavy atom. The molecular formula is C21H21F3N4OS. The van der Waals surface area contributed by atoms with Crippen LogP contribution in [0.15, 0.2) is 41.5 Å². The maximum atomic E-state index is 13.7. The largest absolute Gasteiger partial charge is 0.378 e. The van der Waals surface area contributed by atoms with Crippen LogP contribution in [0.1, 0.15) is 47.8 Å². The molecule has 1 spiro atoms. The molecule has 1 amide bonds. The molecule has 0 radical (unpaired) electrons. The highest BCUT2D eigenvalue weighted by atomic mass is 32.2. The van der Waals surface area contributed by atoms with Crippen molar-refractivity contribution < 1.29 is 18.0 Å². The number of benzene rings is 1. The van der Waals surface area contributed by atoms with Crippen molar-refractivity contribution in [2.24, 2.45) is 10.7 Å². The summed E-state index contributed by atoms with van der Waals surface area (Å²) in [6, 6.07) is 7.82. The fourth-order valence-corrected chi connectivity index (χ4v) is 6.03. The average Bonchev–Trinajstić information content (AvgIpc) is 2.61. The number of nitrogens with one attached hydrogen (secondary N) is 1. The van der Waals surface area contributed by atoms with E-state index in [-0.39, 0.29) is 18.5 Å². The average molecular weight is 434 g/mol. The summed E-state index contributed by atoms with van der Waals surface area (Å²) in [6.45, 7) is 3.79. The summed E-state index contributed by atoms with van der Waals surface area (Å²) < 4.78 is 39.7. The van der Waals surface area contributed by atoms with Gasteiger partial charge in [-0.1, -0.05) is 17.8 Å². The van der Waals surface area contributed by atoms with E-state index in [9.17, 15) is 18.0 Å².